The fraction of sp³-hybridized carbons (Fsp3) is 0.600. The Morgan fingerprint density at radius 2 is 1.77 bits per heavy atom. The van der Waals surface area contributed by atoms with E-state index < -0.39 is 94.2 Å². The van der Waals surface area contributed by atoms with Gasteiger partial charge in [0.15, 0.2) is 17.7 Å². The van der Waals surface area contributed by atoms with E-state index in [1.807, 2.05) is 0 Å². The van der Waals surface area contributed by atoms with Crippen LogP contribution in [0.4, 0.5) is 5.82 Å². The molecule has 21 nitrogen and oxygen atoms in total. The summed E-state index contributed by atoms with van der Waals surface area (Å²) in [5.74, 6) is -2.05. The standard InChI is InChI=1S/C15H25N6O15P3S/c16-6(15(24)25)1-2-40(33)7(3-37(26,27)35-39(31,32)36-38(28,29)30)11-9(22)10(23)14(34-11)21-5-20-8-12(17)18-4-19-13(8)21/h4-7,9-11,14,22-23H,1-3,16H2,(H,24,25)(H,26,27)(H,31,32)(H2,17,18,19)(H2,28,29,30). The van der Waals surface area contributed by atoms with Gasteiger partial charge in [0, 0.05) is 16.6 Å². The fourth-order valence-corrected chi connectivity index (χ4v) is 9.93. The lowest BCUT2D eigenvalue weighted by molar-refractivity contribution is -0.138. The molecule has 226 valence electrons. The first-order valence-corrected chi connectivity index (χ1v) is 16.9. The molecule has 40 heavy (non-hydrogen) atoms. The number of aliphatic hydroxyl groups excluding tert-OH is 2. The molecule has 9 unspecified atom stereocenters. The summed E-state index contributed by atoms with van der Waals surface area (Å²) in [7, 11) is -19.4. The number of aliphatic carboxylic acids is 1. The molecule has 2 aromatic rings. The van der Waals surface area contributed by atoms with Crippen LogP contribution in [0.25, 0.3) is 11.2 Å². The van der Waals surface area contributed by atoms with Crippen molar-refractivity contribution in [3.8, 4) is 0 Å². The summed E-state index contributed by atoms with van der Waals surface area (Å²) in [5.41, 5.74) is 11.3. The third kappa shape index (κ3) is 7.96. The van der Waals surface area contributed by atoms with E-state index in [2.05, 4.69) is 23.6 Å². The number of carbonyl (C=O) groups is 1. The van der Waals surface area contributed by atoms with Crippen molar-refractivity contribution >= 4 is 57.0 Å². The molecule has 3 rings (SSSR count). The Morgan fingerprint density at radius 3 is 2.38 bits per heavy atom. The van der Waals surface area contributed by atoms with E-state index in [0.29, 0.717) is 0 Å². The molecule has 0 amide bonds. The molecule has 0 aromatic carbocycles. The Labute approximate surface area is 226 Å². The Hall–Kier alpha value is -1.74. The Morgan fingerprint density at radius 1 is 1.12 bits per heavy atom. The largest absolute Gasteiger partial charge is 0.488 e. The van der Waals surface area contributed by atoms with Crippen LogP contribution in [0, 0.1) is 0 Å². The molecular weight excluding hydrogens is 629 g/mol. The van der Waals surface area contributed by atoms with Crippen LogP contribution in [-0.4, -0.2) is 106 Å². The first-order valence-electron chi connectivity index (χ1n) is 10.7. The summed E-state index contributed by atoms with van der Waals surface area (Å²) in [4.78, 5) is 60.0. The monoisotopic (exact) mass is 654 g/mol. The number of phosphoric acid groups is 2. The maximum atomic E-state index is 13.2. The Balaban J connectivity index is 1.93. The number of imidazole rings is 1. The SMILES string of the molecule is Nc1ncnc2c1ncn2C1OC(C(CP(=O)(O)OP(=O)(O)OP(=O)(O)O)S(=O)CCC(N)C(=O)O)C(O)C1O. The van der Waals surface area contributed by atoms with Crippen molar-refractivity contribution in [3.05, 3.63) is 12.7 Å². The van der Waals surface area contributed by atoms with Gasteiger partial charge in [0.1, 0.15) is 36.2 Å². The van der Waals surface area contributed by atoms with Gasteiger partial charge >= 0.3 is 29.2 Å². The maximum Gasteiger partial charge on any atom is 0.488 e. The smallest absolute Gasteiger partial charge is 0.480 e. The van der Waals surface area contributed by atoms with Gasteiger partial charge in [-0.25, -0.2) is 28.4 Å². The van der Waals surface area contributed by atoms with Crippen LogP contribution in [-0.2, 0) is 42.6 Å². The number of hydrogen-bond acceptors (Lipinski definition) is 15. The molecule has 9 atom stereocenters. The molecule has 0 bridgehead atoms. The van der Waals surface area contributed by atoms with Gasteiger partial charge in [-0.1, -0.05) is 0 Å². The van der Waals surface area contributed by atoms with Gasteiger partial charge in [-0.15, -0.1) is 0 Å². The molecule has 0 saturated carbocycles. The number of anilines is 1. The van der Waals surface area contributed by atoms with Crippen LogP contribution < -0.4 is 11.5 Å². The number of rotatable bonds is 13. The molecule has 11 N–H and O–H groups in total. The summed E-state index contributed by atoms with van der Waals surface area (Å²) in [6.45, 7) is 0. The van der Waals surface area contributed by atoms with Crippen LogP contribution >= 0.6 is 23.2 Å². The lowest BCUT2D eigenvalue weighted by Gasteiger charge is -2.27. The number of nitrogens with two attached hydrogens (primary N) is 2. The number of aliphatic hydroxyl groups is 2. The predicted molar refractivity (Wildman–Crippen MR) is 131 cm³/mol. The van der Waals surface area contributed by atoms with E-state index >= 15 is 0 Å². The number of hydrogen-bond donors (Lipinski definition) is 9. The van der Waals surface area contributed by atoms with Gasteiger partial charge in [-0.2, -0.15) is 4.31 Å². The van der Waals surface area contributed by atoms with E-state index in [4.69, 9.17) is 31.1 Å². The van der Waals surface area contributed by atoms with Crippen molar-refractivity contribution in [2.45, 2.75) is 42.3 Å². The van der Waals surface area contributed by atoms with Crippen LogP contribution in [0.2, 0.25) is 0 Å². The van der Waals surface area contributed by atoms with Gasteiger partial charge < -0.3 is 51.1 Å². The number of nitrogen functional groups attached to an aromatic ring is 1. The van der Waals surface area contributed by atoms with E-state index in [1.165, 1.54) is 0 Å². The lowest BCUT2D eigenvalue weighted by Crippen LogP contribution is -2.44. The third-order valence-electron chi connectivity index (χ3n) is 5.44. The van der Waals surface area contributed by atoms with Crippen molar-refractivity contribution in [1.29, 1.82) is 0 Å². The zero-order valence-electron chi connectivity index (χ0n) is 19.8. The first-order chi connectivity index (χ1) is 18.3. The normalized spacial score (nSPS) is 27.1. The predicted octanol–water partition coefficient (Wildman–Crippen LogP) is -2.64. The zero-order valence-corrected chi connectivity index (χ0v) is 23.3. The summed E-state index contributed by atoms with van der Waals surface area (Å²) in [5, 5.41) is 28.6. The minimum Gasteiger partial charge on any atom is -0.480 e. The van der Waals surface area contributed by atoms with Crippen molar-refractivity contribution in [2.24, 2.45) is 5.73 Å². The summed E-state index contributed by atoms with van der Waals surface area (Å²) in [6.07, 6.45) is -6.62. The molecule has 0 radical (unpaired) electrons. The second-order valence-electron chi connectivity index (χ2n) is 8.35. The molecule has 1 aliphatic rings. The Kier molecular flexibility index (Phi) is 10.0. The summed E-state index contributed by atoms with van der Waals surface area (Å²) < 4.78 is 63.0. The third-order valence-corrected chi connectivity index (χ3v) is 11.8. The average Bonchev–Trinajstić information content (AvgIpc) is 3.35. The molecule has 1 fully saturated rings. The van der Waals surface area contributed by atoms with E-state index in [9.17, 15) is 42.7 Å². The number of nitrogens with zero attached hydrogens (tertiary/aromatic N) is 4. The molecule has 1 saturated heterocycles. The minimum atomic E-state index is -5.87. The van der Waals surface area contributed by atoms with Gasteiger partial charge in [-0.05, 0) is 6.42 Å². The van der Waals surface area contributed by atoms with Crippen LogP contribution in [0.1, 0.15) is 12.6 Å². The fourth-order valence-electron chi connectivity index (χ4n) is 3.70. The number of fused-ring (bicyclic) bond motifs is 1. The van der Waals surface area contributed by atoms with Crippen LogP contribution in [0.5, 0.6) is 0 Å². The van der Waals surface area contributed by atoms with Crippen molar-refractivity contribution in [3.63, 3.8) is 0 Å². The summed E-state index contributed by atoms with van der Waals surface area (Å²) >= 11 is 0. The second-order valence-corrected chi connectivity index (χ2v) is 15.0. The highest BCUT2D eigenvalue weighted by Gasteiger charge is 2.52. The van der Waals surface area contributed by atoms with Gasteiger partial charge in [0.05, 0.1) is 17.7 Å². The average molecular weight is 654 g/mol. The van der Waals surface area contributed by atoms with Gasteiger partial charge in [0.2, 0.25) is 0 Å². The van der Waals surface area contributed by atoms with Crippen molar-refractivity contribution in [2.75, 3.05) is 17.6 Å². The van der Waals surface area contributed by atoms with E-state index in [0.717, 1.165) is 17.2 Å². The topological polar surface area (TPSA) is 350 Å². The van der Waals surface area contributed by atoms with Gasteiger partial charge in [0.25, 0.3) is 0 Å². The molecule has 3 heterocycles. The lowest BCUT2D eigenvalue weighted by atomic mass is 10.1. The number of aromatic nitrogens is 4. The Bertz CT molecular complexity index is 1420. The summed E-state index contributed by atoms with van der Waals surface area (Å²) in [6, 6.07) is -1.51. The number of carboxylic acid groups (broad SMARTS) is 1. The molecule has 2 aromatic heterocycles. The minimum absolute atomic E-state index is 0.0357. The zero-order chi connectivity index (χ0) is 30.2. The molecule has 0 aliphatic carbocycles. The van der Waals surface area contributed by atoms with Crippen LogP contribution in [0.3, 0.4) is 0 Å². The van der Waals surface area contributed by atoms with Crippen molar-refractivity contribution < 1.29 is 70.9 Å². The highest BCUT2D eigenvalue weighted by molar-refractivity contribution is 7.86. The number of carboxylic acids is 1. The molecule has 0 spiro atoms. The van der Waals surface area contributed by atoms with Gasteiger partial charge in [-0.3, -0.25) is 18.1 Å². The molecular formula is C15H25N6O15P3S. The highest BCUT2D eigenvalue weighted by atomic mass is 32.2. The molecule has 25 heteroatoms. The first kappa shape index (κ1) is 32.8. The maximum absolute atomic E-state index is 13.2. The van der Waals surface area contributed by atoms with Crippen molar-refractivity contribution in [1.82, 2.24) is 19.5 Å². The number of ether oxygens (including phenoxy) is 1. The molecule has 1 aliphatic heterocycles. The van der Waals surface area contributed by atoms with E-state index in [1.54, 1.807) is 0 Å². The van der Waals surface area contributed by atoms with E-state index in [-0.39, 0.29) is 17.0 Å². The van der Waals surface area contributed by atoms with Crippen LogP contribution in [0.15, 0.2) is 12.7 Å². The quantitative estimate of drug-likeness (QED) is 0.0996. The second kappa shape index (κ2) is 12.2. The highest BCUT2D eigenvalue weighted by Crippen LogP contribution is 2.66.